The Labute approximate surface area is 151 Å². The van der Waals surface area contributed by atoms with Crippen molar-refractivity contribution in [2.75, 3.05) is 13.6 Å². The average molecular weight is 387 g/mol. The van der Waals surface area contributed by atoms with Crippen molar-refractivity contribution in [3.8, 4) is 0 Å². The highest BCUT2D eigenvalue weighted by atomic mass is 32.2. The molecule has 1 aromatic carbocycles. The number of halogens is 4. The van der Waals surface area contributed by atoms with Crippen LogP contribution in [-0.2, 0) is 0 Å². The molecule has 5 nitrogen and oxygen atoms in total. The number of rotatable bonds is 4. The number of nitrogens with two attached hydrogens (primary N) is 1. The second kappa shape index (κ2) is 6.92. The lowest BCUT2D eigenvalue weighted by molar-refractivity contribution is -0.190. The van der Waals surface area contributed by atoms with Crippen molar-refractivity contribution >= 4 is 35.0 Å². The molecular formula is C16H17F4N5S. The molecule has 0 bridgehead atoms. The Morgan fingerprint density at radius 2 is 2.15 bits per heavy atom. The molecule has 0 radical (unpaired) electrons. The lowest BCUT2D eigenvalue weighted by atomic mass is 10.0. The number of nitrogens with zero attached hydrogens (tertiary/aromatic N) is 3. The molecule has 1 aliphatic heterocycles. The van der Waals surface area contributed by atoms with Gasteiger partial charge in [-0.2, -0.15) is 13.2 Å². The SMILES string of the molecule is CN=CN=C(N)c1c(C)cc(F)c2[nH]c(SN3CCC3C(F)(F)F)cc12. The molecule has 10 heteroatoms. The smallest absolute Gasteiger partial charge is 0.383 e. The van der Waals surface area contributed by atoms with E-state index >= 15 is 0 Å². The lowest BCUT2D eigenvalue weighted by Crippen LogP contribution is -2.52. The Morgan fingerprint density at radius 1 is 1.42 bits per heavy atom. The van der Waals surface area contributed by atoms with Crippen molar-refractivity contribution in [3.63, 3.8) is 0 Å². The van der Waals surface area contributed by atoms with E-state index in [-0.39, 0.29) is 17.8 Å². The number of amidine groups is 1. The lowest BCUT2D eigenvalue weighted by Gasteiger charge is -2.40. The number of nitrogens with one attached hydrogen (secondary N) is 1. The first-order valence-corrected chi connectivity index (χ1v) is 8.57. The van der Waals surface area contributed by atoms with E-state index in [9.17, 15) is 17.6 Å². The van der Waals surface area contributed by atoms with Gasteiger partial charge in [0.15, 0.2) is 0 Å². The predicted octanol–water partition coefficient (Wildman–Crippen LogP) is 3.62. The Hall–Kier alpha value is -2.07. The third-order valence-corrected chi connectivity index (χ3v) is 5.26. The van der Waals surface area contributed by atoms with Crippen molar-refractivity contribution in [1.82, 2.24) is 9.29 Å². The van der Waals surface area contributed by atoms with Crippen LogP contribution < -0.4 is 5.73 Å². The number of aromatic amines is 1. The average Bonchev–Trinajstić information content (AvgIpc) is 2.91. The van der Waals surface area contributed by atoms with Crippen molar-refractivity contribution in [1.29, 1.82) is 0 Å². The highest BCUT2D eigenvalue weighted by molar-refractivity contribution is 7.97. The summed E-state index contributed by atoms with van der Waals surface area (Å²) in [7, 11) is 1.54. The molecule has 2 aromatic rings. The first kappa shape index (κ1) is 18.7. The summed E-state index contributed by atoms with van der Waals surface area (Å²) in [6.45, 7) is 2.01. The number of alkyl halides is 3. The molecule has 26 heavy (non-hydrogen) atoms. The zero-order chi connectivity index (χ0) is 19.1. The van der Waals surface area contributed by atoms with Crippen LogP contribution in [0.3, 0.4) is 0 Å². The van der Waals surface area contributed by atoms with Crippen molar-refractivity contribution in [2.45, 2.75) is 30.6 Å². The zero-order valence-electron chi connectivity index (χ0n) is 14.1. The number of aliphatic imine (C=N–C) groups is 2. The van der Waals surface area contributed by atoms with E-state index in [2.05, 4.69) is 15.0 Å². The van der Waals surface area contributed by atoms with Gasteiger partial charge >= 0.3 is 6.18 Å². The summed E-state index contributed by atoms with van der Waals surface area (Å²) in [4.78, 5) is 10.6. The first-order chi connectivity index (χ1) is 12.2. The van der Waals surface area contributed by atoms with Gasteiger partial charge in [0, 0.05) is 24.5 Å². The second-order valence-corrected chi connectivity index (χ2v) is 7.03. The Morgan fingerprint density at radius 3 is 2.73 bits per heavy atom. The second-order valence-electron chi connectivity index (χ2n) is 5.94. The topological polar surface area (TPSA) is 69.8 Å². The maximum atomic E-state index is 14.3. The molecule has 3 rings (SSSR count). The minimum atomic E-state index is -4.28. The third kappa shape index (κ3) is 3.43. The predicted molar refractivity (Wildman–Crippen MR) is 95.2 cm³/mol. The summed E-state index contributed by atoms with van der Waals surface area (Å²) in [5.41, 5.74) is 7.27. The fourth-order valence-electron chi connectivity index (χ4n) is 2.86. The Kier molecular flexibility index (Phi) is 4.98. The molecule has 1 aromatic heterocycles. The largest absolute Gasteiger partial charge is 0.405 e. The first-order valence-electron chi connectivity index (χ1n) is 7.79. The van der Waals surface area contributed by atoms with Crippen LogP contribution in [0, 0.1) is 12.7 Å². The van der Waals surface area contributed by atoms with Gasteiger partial charge in [-0.15, -0.1) is 0 Å². The van der Waals surface area contributed by atoms with Gasteiger partial charge in [0.2, 0.25) is 0 Å². The molecule has 0 saturated carbocycles. The van der Waals surface area contributed by atoms with Crippen LogP contribution in [0.4, 0.5) is 17.6 Å². The molecule has 140 valence electrons. The number of aromatic nitrogens is 1. The normalized spacial score (nSPS) is 19.5. The van der Waals surface area contributed by atoms with Gasteiger partial charge in [-0.05, 0) is 43.0 Å². The van der Waals surface area contributed by atoms with Crippen LogP contribution in [0.1, 0.15) is 17.5 Å². The summed E-state index contributed by atoms with van der Waals surface area (Å²) in [6, 6.07) is 1.43. The number of hydrogen-bond donors (Lipinski definition) is 2. The van der Waals surface area contributed by atoms with Gasteiger partial charge < -0.3 is 10.7 Å². The van der Waals surface area contributed by atoms with Gasteiger partial charge in [-0.1, -0.05) is 0 Å². The van der Waals surface area contributed by atoms with Gasteiger partial charge in [0.05, 0.1) is 10.5 Å². The highest BCUT2D eigenvalue weighted by Crippen LogP contribution is 2.41. The monoisotopic (exact) mass is 387 g/mol. The molecule has 1 atom stereocenters. The van der Waals surface area contributed by atoms with Crippen molar-refractivity contribution in [3.05, 3.63) is 29.1 Å². The van der Waals surface area contributed by atoms with Gasteiger partial charge in [0.1, 0.15) is 24.0 Å². The molecule has 0 spiro atoms. The van der Waals surface area contributed by atoms with E-state index < -0.39 is 18.0 Å². The number of hydrogen-bond acceptors (Lipinski definition) is 3. The Balaban J connectivity index is 1.99. The quantitative estimate of drug-likeness (QED) is 0.364. The zero-order valence-corrected chi connectivity index (χ0v) is 14.9. The van der Waals surface area contributed by atoms with Gasteiger partial charge in [-0.3, -0.25) is 4.99 Å². The molecule has 1 fully saturated rings. The number of fused-ring (bicyclic) bond motifs is 1. The number of H-pyrrole nitrogens is 1. The molecule has 0 amide bonds. The maximum Gasteiger partial charge on any atom is 0.405 e. The van der Waals surface area contributed by atoms with E-state index in [1.807, 2.05) is 0 Å². The van der Waals surface area contributed by atoms with Crippen LogP contribution in [-0.4, -0.2) is 47.3 Å². The minimum absolute atomic E-state index is 0.0609. The van der Waals surface area contributed by atoms with Crippen LogP contribution in [0.25, 0.3) is 10.9 Å². The maximum absolute atomic E-state index is 14.3. The molecular weight excluding hydrogens is 370 g/mol. The highest BCUT2D eigenvalue weighted by Gasteiger charge is 2.49. The van der Waals surface area contributed by atoms with Crippen molar-refractivity contribution in [2.24, 2.45) is 15.7 Å². The van der Waals surface area contributed by atoms with Gasteiger partial charge in [0.25, 0.3) is 0 Å². The summed E-state index contributed by atoms with van der Waals surface area (Å²) in [6.07, 6.45) is -2.94. The van der Waals surface area contributed by atoms with E-state index in [4.69, 9.17) is 5.73 Å². The van der Waals surface area contributed by atoms with Gasteiger partial charge in [-0.25, -0.2) is 13.7 Å². The number of aryl methyl sites for hydroxylation is 1. The van der Waals surface area contributed by atoms with Crippen LogP contribution in [0.5, 0.6) is 0 Å². The van der Waals surface area contributed by atoms with Crippen LogP contribution in [0.15, 0.2) is 27.1 Å². The van der Waals surface area contributed by atoms with Crippen molar-refractivity contribution < 1.29 is 17.6 Å². The summed E-state index contributed by atoms with van der Waals surface area (Å²) in [5, 5.41) is 0.886. The standard InChI is InChI=1S/C16H17F4N5S/c1-8-5-10(17)14-9(13(8)15(21)23-7-22-2)6-12(24-14)26-25-4-3-11(25)16(18,19)20/h5-7,11,24H,3-4H2,1-2H3,(H2,21,22,23). The molecule has 1 saturated heterocycles. The molecule has 2 heterocycles. The molecule has 1 unspecified atom stereocenters. The summed E-state index contributed by atoms with van der Waals surface area (Å²) < 4.78 is 54.2. The molecule has 3 N–H and O–H groups in total. The fraction of sp³-hybridized carbons (Fsp3) is 0.375. The van der Waals surface area contributed by atoms with E-state index in [1.165, 1.54) is 16.7 Å². The Bertz CT molecular complexity index is 887. The van der Waals surface area contributed by atoms with Crippen LogP contribution >= 0.6 is 11.9 Å². The van der Waals surface area contributed by atoms with E-state index in [0.717, 1.165) is 11.9 Å². The molecule has 0 aliphatic carbocycles. The molecule has 1 aliphatic rings. The van der Waals surface area contributed by atoms with Crippen LogP contribution in [0.2, 0.25) is 0 Å². The van der Waals surface area contributed by atoms with E-state index in [0.29, 0.717) is 28.1 Å². The summed E-state index contributed by atoms with van der Waals surface area (Å²) >= 11 is 0.928. The number of benzene rings is 1. The van der Waals surface area contributed by atoms with E-state index in [1.54, 1.807) is 20.0 Å². The summed E-state index contributed by atoms with van der Waals surface area (Å²) in [5.74, 6) is -0.341. The minimum Gasteiger partial charge on any atom is -0.383 e. The fourth-order valence-corrected chi connectivity index (χ4v) is 3.98. The third-order valence-electron chi connectivity index (χ3n) is 4.17.